The molecule has 1 amide bonds. The van der Waals surface area contributed by atoms with Gasteiger partial charge in [-0.1, -0.05) is 0 Å². The molecule has 1 aromatic rings. The van der Waals surface area contributed by atoms with E-state index in [4.69, 9.17) is 0 Å². The van der Waals surface area contributed by atoms with Crippen molar-refractivity contribution in [2.45, 2.75) is 12.8 Å². The van der Waals surface area contributed by atoms with Crippen LogP contribution >= 0.6 is 0 Å². The van der Waals surface area contributed by atoms with Gasteiger partial charge >= 0.3 is 0 Å². The Morgan fingerprint density at radius 1 is 1.30 bits per heavy atom. The van der Waals surface area contributed by atoms with Crippen molar-refractivity contribution in [2.24, 2.45) is 5.92 Å². The van der Waals surface area contributed by atoms with Crippen LogP contribution in [0.1, 0.15) is 12.8 Å². The molecule has 1 aliphatic heterocycles. The molecule has 110 valence electrons. The van der Waals surface area contributed by atoms with E-state index >= 15 is 0 Å². The zero-order chi connectivity index (χ0) is 14.8. The van der Waals surface area contributed by atoms with Gasteiger partial charge in [-0.05, 0) is 36.6 Å². The number of hydrogen-bond acceptors (Lipinski definition) is 4. The van der Waals surface area contributed by atoms with Crippen LogP contribution in [0.5, 0.6) is 0 Å². The lowest BCUT2D eigenvalue weighted by molar-refractivity contribution is -0.116. The quantitative estimate of drug-likeness (QED) is 0.914. The van der Waals surface area contributed by atoms with E-state index in [0.29, 0.717) is 6.42 Å². The number of hydrogen-bond donors (Lipinski definition) is 1. The van der Waals surface area contributed by atoms with Crippen molar-refractivity contribution in [2.75, 3.05) is 35.8 Å². The Hall–Kier alpha value is -1.56. The molecule has 1 atom stereocenters. The number of carbonyl (C=O) groups is 1. The zero-order valence-electron chi connectivity index (χ0n) is 11.8. The Morgan fingerprint density at radius 3 is 2.45 bits per heavy atom. The lowest BCUT2D eigenvalue weighted by Gasteiger charge is -2.13. The fourth-order valence-electron chi connectivity index (χ4n) is 2.35. The molecule has 1 N–H and O–H groups in total. The number of benzene rings is 1. The van der Waals surface area contributed by atoms with Crippen molar-refractivity contribution >= 4 is 27.1 Å². The van der Waals surface area contributed by atoms with E-state index in [1.54, 1.807) is 0 Å². The molecule has 1 heterocycles. The first-order chi connectivity index (χ1) is 9.35. The third-order valence-electron chi connectivity index (χ3n) is 3.47. The number of anilines is 2. The van der Waals surface area contributed by atoms with Crippen molar-refractivity contribution in [1.82, 2.24) is 0 Å². The van der Waals surface area contributed by atoms with Crippen LogP contribution in [-0.4, -0.2) is 39.9 Å². The van der Waals surface area contributed by atoms with E-state index in [9.17, 15) is 13.2 Å². The van der Waals surface area contributed by atoms with Crippen LogP contribution in [0.2, 0.25) is 0 Å². The summed E-state index contributed by atoms with van der Waals surface area (Å²) in [7, 11) is 0.990. The van der Waals surface area contributed by atoms with Crippen molar-refractivity contribution in [1.29, 1.82) is 0 Å². The van der Waals surface area contributed by atoms with Gasteiger partial charge in [-0.25, -0.2) is 8.42 Å². The van der Waals surface area contributed by atoms with Crippen LogP contribution in [0.25, 0.3) is 0 Å². The van der Waals surface area contributed by atoms with Gasteiger partial charge in [0, 0.05) is 31.9 Å². The number of carbonyl (C=O) groups excluding carboxylic acids is 1. The molecule has 1 aliphatic rings. The Kier molecular flexibility index (Phi) is 4.32. The Balaban J connectivity index is 1.88. The van der Waals surface area contributed by atoms with Crippen molar-refractivity contribution in [3.8, 4) is 0 Å². The molecule has 20 heavy (non-hydrogen) atoms. The largest absolute Gasteiger partial charge is 0.378 e. The molecule has 0 radical (unpaired) electrons. The number of nitrogens with one attached hydrogen (secondary N) is 1. The minimum atomic E-state index is -2.91. The number of amides is 1. The molecule has 0 bridgehead atoms. The number of sulfone groups is 1. The number of rotatable bonds is 4. The molecular weight excluding hydrogens is 276 g/mol. The molecule has 0 saturated carbocycles. The molecule has 5 nitrogen and oxygen atoms in total. The standard InChI is InChI=1S/C14H20N2O3S/c1-16(2)13-5-3-12(4-6-13)15-14(17)9-11-7-8-20(18,19)10-11/h3-6,11H,7-10H2,1-2H3,(H,15,17)/t11-/m0/s1. The average molecular weight is 296 g/mol. The van der Waals surface area contributed by atoms with E-state index in [-0.39, 0.29) is 29.8 Å². The Bertz CT molecular complexity index is 579. The minimum absolute atomic E-state index is 0.0407. The predicted molar refractivity (Wildman–Crippen MR) is 80.8 cm³/mol. The van der Waals surface area contributed by atoms with Gasteiger partial charge in [0.2, 0.25) is 5.91 Å². The highest BCUT2D eigenvalue weighted by molar-refractivity contribution is 7.91. The highest BCUT2D eigenvalue weighted by Crippen LogP contribution is 2.22. The van der Waals surface area contributed by atoms with Crippen LogP contribution in [-0.2, 0) is 14.6 Å². The molecule has 2 rings (SSSR count). The summed E-state index contributed by atoms with van der Waals surface area (Å²) in [6.07, 6.45) is 0.865. The van der Waals surface area contributed by atoms with Crippen LogP contribution in [0.15, 0.2) is 24.3 Å². The van der Waals surface area contributed by atoms with E-state index in [2.05, 4.69) is 5.32 Å². The summed E-state index contributed by atoms with van der Waals surface area (Å²) in [5, 5.41) is 2.81. The van der Waals surface area contributed by atoms with Crippen molar-refractivity contribution in [3.63, 3.8) is 0 Å². The van der Waals surface area contributed by atoms with Gasteiger partial charge in [0.1, 0.15) is 0 Å². The first-order valence-electron chi connectivity index (χ1n) is 6.63. The van der Waals surface area contributed by atoms with Gasteiger partial charge in [0.05, 0.1) is 11.5 Å². The van der Waals surface area contributed by atoms with Gasteiger partial charge in [0.25, 0.3) is 0 Å². The van der Waals surface area contributed by atoms with Gasteiger partial charge < -0.3 is 10.2 Å². The fraction of sp³-hybridized carbons (Fsp3) is 0.500. The summed E-state index contributed by atoms with van der Waals surface area (Å²) in [5.41, 5.74) is 1.80. The van der Waals surface area contributed by atoms with Crippen molar-refractivity contribution < 1.29 is 13.2 Å². The van der Waals surface area contributed by atoms with E-state index in [1.165, 1.54) is 0 Å². The SMILES string of the molecule is CN(C)c1ccc(NC(=O)C[C@@H]2CCS(=O)(=O)C2)cc1. The fourth-order valence-corrected chi connectivity index (χ4v) is 4.21. The highest BCUT2D eigenvalue weighted by atomic mass is 32.2. The van der Waals surface area contributed by atoms with Crippen LogP contribution in [0.4, 0.5) is 11.4 Å². The van der Waals surface area contributed by atoms with Crippen molar-refractivity contribution in [3.05, 3.63) is 24.3 Å². The molecule has 6 heteroatoms. The second-order valence-corrected chi connectivity index (χ2v) is 7.69. The number of nitrogens with zero attached hydrogens (tertiary/aromatic N) is 1. The predicted octanol–water partition coefficient (Wildman–Crippen LogP) is 1.52. The van der Waals surface area contributed by atoms with Gasteiger partial charge in [-0.15, -0.1) is 0 Å². The second-order valence-electron chi connectivity index (χ2n) is 5.46. The maximum atomic E-state index is 11.9. The first kappa shape index (κ1) is 14.8. The van der Waals surface area contributed by atoms with E-state index in [1.807, 2.05) is 43.3 Å². The lowest BCUT2D eigenvalue weighted by atomic mass is 10.1. The summed E-state index contributed by atoms with van der Waals surface area (Å²) in [4.78, 5) is 13.9. The Morgan fingerprint density at radius 2 is 1.95 bits per heavy atom. The molecule has 1 fully saturated rings. The molecule has 0 spiro atoms. The molecule has 1 aromatic carbocycles. The van der Waals surface area contributed by atoms with Gasteiger partial charge in [-0.2, -0.15) is 0 Å². The monoisotopic (exact) mass is 296 g/mol. The molecule has 0 unspecified atom stereocenters. The Labute approximate surface area is 119 Å². The zero-order valence-corrected chi connectivity index (χ0v) is 12.6. The topological polar surface area (TPSA) is 66.5 Å². The minimum Gasteiger partial charge on any atom is -0.378 e. The molecule has 0 aliphatic carbocycles. The van der Waals surface area contributed by atoms with Gasteiger partial charge in [0.15, 0.2) is 9.84 Å². The molecular formula is C14H20N2O3S. The van der Waals surface area contributed by atoms with Crippen LogP contribution in [0, 0.1) is 5.92 Å². The smallest absolute Gasteiger partial charge is 0.224 e. The third kappa shape index (κ3) is 3.96. The summed E-state index contributed by atoms with van der Waals surface area (Å²) in [6, 6.07) is 7.54. The third-order valence-corrected chi connectivity index (χ3v) is 5.31. The maximum Gasteiger partial charge on any atom is 0.224 e. The maximum absolute atomic E-state index is 11.9. The van der Waals surface area contributed by atoms with Crippen LogP contribution in [0.3, 0.4) is 0 Å². The summed E-state index contributed by atoms with van der Waals surface area (Å²) in [6.45, 7) is 0. The summed E-state index contributed by atoms with van der Waals surface area (Å²) >= 11 is 0. The summed E-state index contributed by atoms with van der Waals surface area (Å²) in [5.74, 6) is 0.188. The van der Waals surface area contributed by atoms with E-state index < -0.39 is 9.84 Å². The molecule has 1 saturated heterocycles. The second kappa shape index (κ2) is 5.83. The lowest BCUT2D eigenvalue weighted by Crippen LogP contribution is -2.17. The van der Waals surface area contributed by atoms with E-state index in [0.717, 1.165) is 11.4 Å². The molecule has 0 aromatic heterocycles. The average Bonchev–Trinajstić information content (AvgIpc) is 2.69. The first-order valence-corrected chi connectivity index (χ1v) is 8.45. The van der Waals surface area contributed by atoms with Gasteiger partial charge in [-0.3, -0.25) is 4.79 Å². The normalized spacial score (nSPS) is 20.6. The summed E-state index contributed by atoms with van der Waals surface area (Å²) < 4.78 is 22.7. The van der Waals surface area contributed by atoms with Crippen LogP contribution < -0.4 is 10.2 Å². The highest BCUT2D eigenvalue weighted by Gasteiger charge is 2.29.